The van der Waals surface area contributed by atoms with E-state index >= 15 is 0 Å². The predicted octanol–water partition coefficient (Wildman–Crippen LogP) is 5.20. The highest BCUT2D eigenvalue weighted by Crippen LogP contribution is 2.21. The maximum atomic E-state index is 13.3. The van der Waals surface area contributed by atoms with Gasteiger partial charge in [0.1, 0.15) is 24.0 Å². The standard InChI is InChI=1S/C14H10Br2F2O/c15-7-10-3-11(17)6-12(4-10)19-8-9-1-2-14(18)13(16)5-9/h1-6H,7-8H2. The van der Waals surface area contributed by atoms with Crippen LogP contribution in [0, 0.1) is 11.6 Å². The van der Waals surface area contributed by atoms with Crippen LogP contribution in [-0.4, -0.2) is 0 Å². The molecule has 0 amide bonds. The monoisotopic (exact) mass is 390 g/mol. The van der Waals surface area contributed by atoms with E-state index < -0.39 is 0 Å². The zero-order valence-electron chi connectivity index (χ0n) is 9.80. The van der Waals surface area contributed by atoms with Gasteiger partial charge in [-0.2, -0.15) is 0 Å². The molecule has 0 saturated heterocycles. The van der Waals surface area contributed by atoms with Crippen LogP contribution in [0.4, 0.5) is 8.78 Å². The number of alkyl halides is 1. The summed E-state index contributed by atoms with van der Waals surface area (Å²) in [6.07, 6.45) is 0. The first-order valence-corrected chi connectivity index (χ1v) is 7.42. The SMILES string of the molecule is Fc1cc(CBr)cc(OCc2ccc(F)c(Br)c2)c1. The fourth-order valence-corrected chi connectivity index (χ4v) is 2.33. The fourth-order valence-electron chi connectivity index (χ4n) is 1.58. The van der Waals surface area contributed by atoms with Gasteiger partial charge in [0.05, 0.1) is 4.47 Å². The molecule has 0 aliphatic carbocycles. The van der Waals surface area contributed by atoms with E-state index in [9.17, 15) is 8.78 Å². The van der Waals surface area contributed by atoms with E-state index in [4.69, 9.17) is 4.74 Å². The third-order valence-electron chi connectivity index (χ3n) is 2.47. The maximum absolute atomic E-state index is 13.3. The Labute approximate surface area is 126 Å². The Morgan fingerprint density at radius 1 is 1.00 bits per heavy atom. The van der Waals surface area contributed by atoms with E-state index in [1.165, 1.54) is 18.2 Å². The molecule has 0 aromatic heterocycles. The summed E-state index contributed by atoms with van der Waals surface area (Å²) in [5.74, 6) is -0.210. The Hall–Kier alpha value is -0.940. The van der Waals surface area contributed by atoms with Gasteiger partial charge in [-0.3, -0.25) is 0 Å². The molecule has 0 aliphatic heterocycles. The van der Waals surface area contributed by atoms with E-state index in [1.807, 2.05) is 0 Å². The minimum absolute atomic E-state index is 0.254. The van der Waals surface area contributed by atoms with Crippen LogP contribution in [0.25, 0.3) is 0 Å². The highest BCUT2D eigenvalue weighted by Gasteiger charge is 2.04. The second kappa shape index (κ2) is 6.48. The van der Waals surface area contributed by atoms with E-state index in [-0.39, 0.29) is 18.2 Å². The van der Waals surface area contributed by atoms with Gasteiger partial charge in [-0.25, -0.2) is 8.78 Å². The molecule has 0 bridgehead atoms. The molecule has 0 fully saturated rings. The number of rotatable bonds is 4. The quantitative estimate of drug-likeness (QED) is 0.650. The molecule has 2 aromatic carbocycles. The van der Waals surface area contributed by atoms with Gasteiger partial charge in [0.2, 0.25) is 0 Å². The lowest BCUT2D eigenvalue weighted by Crippen LogP contribution is -1.97. The van der Waals surface area contributed by atoms with E-state index in [0.29, 0.717) is 15.6 Å². The lowest BCUT2D eigenvalue weighted by atomic mass is 10.2. The van der Waals surface area contributed by atoms with Crippen molar-refractivity contribution in [1.82, 2.24) is 0 Å². The predicted molar refractivity (Wildman–Crippen MR) is 77.5 cm³/mol. The van der Waals surface area contributed by atoms with Crippen LogP contribution in [0.15, 0.2) is 40.9 Å². The molecule has 0 N–H and O–H groups in total. The summed E-state index contributed by atoms with van der Waals surface area (Å²) in [6.45, 7) is 0.254. The van der Waals surface area contributed by atoms with Crippen LogP contribution in [-0.2, 0) is 11.9 Å². The summed E-state index contributed by atoms with van der Waals surface area (Å²) < 4.78 is 32.3. The fraction of sp³-hybridized carbons (Fsp3) is 0.143. The van der Waals surface area contributed by atoms with Crippen molar-refractivity contribution in [2.24, 2.45) is 0 Å². The number of benzene rings is 2. The molecule has 19 heavy (non-hydrogen) atoms. The summed E-state index contributed by atoms with van der Waals surface area (Å²) in [5.41, 5.74) is 1.60. The van der Waals surface area contributed by atoms with Crippen LogP contribution in [0.1, 0.15) is 11.1 Å². The maximum Gasteiger partial charge on any atom is 0.137 e. The van der Waals surface area contributed by atoms with Gasteiger partial charge in [0, 0.05) is 11.4 Å². The number of halogens is 4. The highest BCUT2D eigenvalue weighted by molar-refractivity contribution is 9.10. The van der Waals surface area contributed by atoms with Gasteiger partial charge < -0.3 is 4.74 Å². The summed E-state index contributed by atoms with van der Waals surface area (Å²) in [5, 5.41) is 0.559. The van der Waals surface area contributed by atoms with E-state index in [2.05, 4.69) is 31.9 Å². The molecule has 5 heteroatoms. The number of ether oxygens (including phenoxy) is 1. The zero-order valence-corrected chi connectivity index (χ0v) is 13.0. The topological polar surface area (TPSA) is 9.23 Å². The second-order valence-corrected chi connectivity index (χ2v) is 5.38. The lowest BCUT2D eigenvalue weighted by Gasteiger charge is -2.08. The van der Waals surface area contributed by atoms with Crippen LogP contribution in [0.5, 0.6) is 5.75 Å². The highest BCUT2D eigenvalue weighted by atomic mass is 79.9. The molecule has 0 heterocycles. The minimum Gasteiger partial charge on any atom is -0.489 e. The van der Waals surface area contributed by atoms with Crippen molar-refractivity contribution in [1.29, 1.82) is 0 Å². The normalized spacial score (nSPS) is 10.5. The summed E-state index contributed by atoms with van der Waals surface area (Å²) in [6, 6.07) is 9.15. The van der Waals surface area contributed by atoms with Crippen LogP contribution >= 0.6 is 31.9 Å². The molecule has 0 atom stereocenters. The zero-order chi connectivity index (χ0) is 13.8. The Morgan fingerprint density at radius 3 is 2.47 bits per heavy atom. The molecule has 0 spiro atoms. The third kappa shape index (κ3) is 4.01. The van der Waals surface area contributed by atoms with Crippen LogP contribution < -0.4 is 4.74 Å². The van der Waals surface area contributed by atoms with Crippen molar-refractivity contribution in [2.75, 3.05) is 0 Å². The molecule has 1 nitrogen and oxygen atoms in total. The molecular formula is C14H10Br2F2O. The van der Waals surface area contributed by atoms with Crippen molar-refractivity contribution in [3.63, 3.8) is 0 Å². The van der Waals surface area contributed by atoms with Gasteiger partial charge in [-0.15, -0.1) is 0 Å². The Balaban J connectivity index is 2.09. The minimum atomic E-state index is -0.341. The van der Waals surface area contributed by atoms with E-state index in [1.54, 1.807) is 18.2 Å². The van der Waals surface area contributed by atoms with Crippen molar-refractivity contribution in [3.8, 4) is 5.75 Å². The molecule has 100 valence electrons. The molecule has 0 aliphatic rings. The Morgan fingerprint density at radius 2 is 1.79 bits per heavy atom. The largest absolute Gasteiger partial charge is 0.489 e. The average molecular weight is 392 g/mol. The summed E-state index contributed by atoms with van der Waals surface area (Å²) in [4.78, 5) is 0. The summed E-state index contributed by atoms with van der Waals surface area (Å²) >= 11 is 6.38. The summed E-state index contributed by atoms with van der Waals surface area (Å²) in [7, 11) is 0. The van der Waals surface area contributed by atoms with Crippen LogP contribution in [0.3, 0.4) is 0 Å². The van der Waals surface area contributed by atoms with Gasteiger partial charge in [0.15, 0.2) is 0 Å². The van der Waals surface area contributed by atoms with Crippen molar-refractivity contribution in [2.45, 2.75) is 11.9 Å². The smallest absolute Gasteiger partial charge is 0.137 e. The first-order chi connectivity index (χ1) is 9.08. The average Bonchev–Trinajstić information content (AvgIpc) is 2.39. The van der Waals surface area contributed by atoms with Crippen molar-refractivity contribution < 1.29 is 13.5 Å². The third-order valence-corrected chi connectivity index (χ3v) is 3.73. The van der Waals surface area contributed by atoms with Crippen molar-refractivity contribution in [3.05, 3.63) is 63.6 Å². The molecule has 0 unspecified atom stereocenters. The second-order valence-electron chi connectivity index (χ2n) is 3.97. The Bertz CT molecular complexity index is 588. The van der Waals surface area contributed by atoms with Gasteiger partial charge in [0.25, 0.3) is 0 Å². The molecule has 2 rings (SSSR count). The van der Waals surface area contributed by atoms with Gasteiger partial charge in [-0.1, -0.05) is 22.0 Å². The number of hydrogen-bond donors (Lipinski definition) is 0. The Kier molecular flexibility index (Phi) is 4.93. The van der Waals surface area contributed by atoms with Gasteiger partial charge >= 0.3 is 0 Å². The van der Waals surface area contributed by atoms with Crippen LogP contribution in [0.2, 0.25) is 0 Å². The number of hydrogen-bond acceptors (Lipinski definition) is 1. The lowest BCUT2D eigenvalue weighted by molar-refractivity contribution is 0.304. The van der Waals surface area contributed by atoms with Crippen molar-refractivity contribution >= 4 is 31.9 Å². The first-order valence-electron chi connectivity index (χ1n) is 5.50. The molecule has 0 saturated carbocycles. The molecule has 2 aromatic rings. The molecular weight excluding hydrogens is 382 g/mol. The first kappa shape index (κ1) is 14.5. The molecule has 0 radical (unpaired) electrons. The van der Waals surface area contributed by atoms with Gasteiger partial charge in [-0.05, 0) is 51.3 Å². The van der Waals surface area contributed by atoms with E-state index in [0.717, 1.165) is 11.1 Å².